The Labute approximate surface area is 101 Å². The van der Waals surface area contributed by atoms with Gasteiger partial charge in [0.05, 0.1) is 12.6 Å². The van der Waals surface area contributed by atoms with Crippen LogP contribution in [0.25, 0.3) is 0 Å². The summed E-state index contributed by atoms with van der Waals surface area (Å²) >= 11 is 0. The third-order valence-electron chi connectivity index (χ3n) is 3.04. The minimum atomic E-state index is -0.180. The first-order valence-electron chi connectivity index (χ1n) is 5.85. The van der Waals surface area contributed by atoms with Gasteiger partial charge < -0.3 is 5.32 Å². The van der Waals surface area contributed by atoms with Crippen molar-refractivity contribution >= 4 is 0 Å². The summed E-state index contributed by atoms with van der Waals surface area (Å²) in [5.41, 5.74) is 1.01. The molecule has 1 N–H and O–H groups in total. The van der Waals surface area contributed by atoms with Crippen molar-refractivity contribution in [1.29, 1.82) is 5.26 Å². The number of benzene rings is 1. The van der Waals surface area contributed by atoms with E-state index in [9.17, 15) is 4.39 Å². The van der Waals surface area contributed by atoms with Gasteiger partial charge in [0, 0.05) is 25.7 Å². The minimum absolute atomic E-state index is 0.180. The summed E-state index contributed by atoms with van der Waals surface area (Å²) in [6.07, 6.45) is 1.05. The van der Waals surface area contributed by atoms with Gasteiger partial charge in [-0.1, -0.05) is 12.1 Å². The molecule has 3 nitrogen and oxygen atoms in total. The van der Waals surface area contributed by atoms with E-state index in [4.69, 9.17) is 5.26 Å². The molecule has 1 saturated heterocycles. The highest BCUT2D eigenvalue weighted by molar-refractivity contribution is 5.16. The fraction of sp³-hybridized carbons (Fsp3) is 0.462. The lowest BCUT2D eigenvalue weighted by atomic mass is 10.2. The van der Waals surface area contributed by atoms with Crippen LogP contribution in [-0.2, 0) is 6.54 Å². The third kappa shape index (κ3) is 3.52. The van der Waals surface area contributed by atoms with Crippen molar-refractivity contribution in [3.05, 3.63) is 35.6 Å². The van der Waals surface area contributed by atoms with Crippen LogP contribution in [0.5, 0.6) is 0 Å². The van der Waals surface area contributed by atoms with Crippen molar-refractivity contribution in [1.82, 2.24) is 10.2 Å². The molecule has 4 heteroatoms. The zero-order valence-electron chi connectivity index (χ0n) is 9.69. The first-order valence-corrected chi connectivity index (χ1v) is 5.85. The number of hydrogen-bond donors (Lipinski definition) is 1. The standard InChI is InChI=1S/C13H16FN3/c14-12-3-1-2-11(8-12)9-17-7-4-13(10-17)16-6-5-15/h1-3,8,13,16H,4,6-7,9-10H2. The molecule has 90 valence electrons. The molecule has 1 fully saturated rings. The maximum atomic E-state index is 13.0. The van der Waals surface area contributed by atoms with Gasteiger partial charge in [0.2, 0.25) is 0 Å². The highest BCUT2D eigenvalue weighted by Gasteiger charge is 2.21. The quantitative estimate of drug-likeness (QED) is 0.801. The van der Waals surface area contributed by atoms with Gasteiger partial charge in [0.1, 0.15) is 5.82 Å². The Hall–Kier alpha value is -1.44. The normalized spacial score (nSPS) is 20.4. The van der Waals surface area contributed by atoms with Gasteiger partial charge in [-0.15, -0.1) is 0 Å². The lowest BCUT2D eigenvalue weighted by Gasteiger charge is -2.16. The Morgan fingerprint density at radius 1 is 1.53 bits per heavy atom. The van der Waals surface area contributed by atoms with E-state index in [-0.39, 0.29) is 5.82 Å². The van der Waals surface area contributed by atoms with Crippen LogP contribution in [0.3, 0.4) is 0 Å². The number of halogens is 1. The highest BCUT2D eigenvalue weighted by atomic mass is 19.1. The van der Waals surface area contributed by atoms with E-state index in [1.165, 1.54) is 6.07 Å². The van der Waals surface area contributed by atoms with Gasteiger partial charge in [0.25, 0.3) is 0 Å². The summed E-state index contributed by atoms with van der Waals surface area (Å²) in [5, 5.41) is 11.7. The molecule has 0 spiro atoms. The third-order valence-corrected chi connectivity index (χ3v) is 3.04. The number of hydrogen-bond acceptors (Lipinski definition) is 3. The van der Waals surface area contributed by atoms with Crippen molar-refractivity contribution in [2.75, 3.05) is 19.6 Å². The Bertz CT molecular complexity index is 413. The lowest BCUT2D eigenvalue weighted by Crippen LogP contribution is -2.32. The highest BCUT2D eigenvalue weighted by Crippen LogP contribution is 2.14. The molecule has 0 saturated carbocycles. The summed E-state index contributed by atoms with van der Waals surface area (Å²) < 4.78 is 13.0. The predicted octanol–water partition coefficient (Wildman–Crippen LogP) is 1.51. The van der Waals surface area contributed by atoms with Crippen LogP contribution in [0.4, 0.5) is 4.39 Å². The summed E-state index contributed by atoms with van der Waals surface area (Å²) in [6.45, 7) is 3.11. The first-order chi connectivity index (χ1) is 8.28. The Morgan fingerprint density at radius 2 is 2.41 bits per heavy atom. The molecule has 0 radical (unpaired) electrons. The van der Waals surface area contributed by atoms with E-state index in [1.54, 1.807) is 12.1 Å². The van der Waals surface area contributed by atoms with Gasteiger partial charge in [0.15, 0.2) is 0 Å². The van der Waals surface area contributed by atoms with Gasteiger partial charge in [-0.05, 0) is 24.1 Å². The van der Waals surface area contributed by atoms with Crippen LogP contribution >= 0.6 is 0 Å². The minimum Gasteiger partial charge on any atom is -0.300 e. The molecule has 0 bridgehead atoms. The molecular weight excluding hydrogens is 217 g/mol. The predicted molar refractivity (Wildman–Crippen MR) is 63.7 cm³/mol. The van der Waals surface area contributed by atoms with Crippen LogP contribution in [0.15, 0.2) is 24.3 Å². The van der Waals surface area contributed by atoms with E-state index in [0.717, 1.165) is 31.6 Å². The molecule has 1 aliphatic rings. The van der Waals surface area contributed by atoms with Gasteiger partial charge >= 0.3 is 0 Å². The maximum Gasteiger partial charge on any atom is 0.123 e. The molecular formula is C13H16FN3. The second-order valence-electron chi connectivity index (χ2n) is 4.39. The van der Waals surface area contributed by atoms with Crippen molar-refractivity contribution in [2.24, 2.45) is 0 Å². The van der Waals surface area contributed by atoms with E-state index in [0.29, 0.717) is 12.6 Å². The molecule has 1 atom stereocenters. The number of nitrogens with one attached hydrogen (secondary N) is 1. The molecule has 1 aromatic carbocycles. The molecule has 17 heavy (non-hydrogen) atoms. The first kappa shape index (κ1) is 12.0. The molecule has 1 aliphatic heterocycles. The summed E-state index contributed by atoms with van der Waals surface area (Å²) in [7, 11) is 0. The fourth-order valence-electron chi connectivity index (χ4n) is 2.23. The van der Waals surface area contributed by atoms with Crippen LogP contribution in [0, 0.1) is 17.1 Å². The number of likely N-dealkylation sites (tertiary alicyclic amines) is 1. The van der Waals surface area contributed by atoms with Crippen molar-refractivity contribution < 1.29 is 4.39 Å². The molecule has 0 amide bonds. The topological polar surface area (TPSA) is 39.1 Å². The second kappa shape index (κ2) is 5.76. The van der Waals surface area contributed by atoms with Crippen LogP contribution in [0.2, 0.25) is 0 Å². The molecule has 0 aromatic heterocycles. The van der Waals surface area contributed by atoms with E-state index in [1.807, 2.05) is 6.07 Å². The van der Waals surface area contributed by atoms with Crippen LogP contribution in [0.1, 0.15) is 12.0 Å². The van der Waals surface area contributed by atoms with Gasteiger partial charge in [-0.25, -0.2) is 4.39 Å². The number of nitriles is 1. The Kier molecular flexibility index (Phi) is 4.08. The molecule has 1 unspecified atom stereocenters. The monoisotopic (exact) mass is 233 g/mol. The summed E-state index contributed by atoms with van der Waals surface area (Å²) in [5.74, 6) is -0.180. The van der Waals surface area contributed by atoms with Gasteiger partial charge in [-0.2, -0.15) is 5.26 Å². The molecule has 2 rings (SSSR count). The fourth-order valence-corrected chi connectivity index (χ4v) is 2.23. The average molecular weight is 233 g/mol. The molecule has 1 heterocycles. The van der Waals surface area contributed by atoms with E-state index >= 15 is 0 Å². The average Bonchev–Trinajstić information content (AvgIpc) is 2.74. The Morgan fingerprint density at radius 3 is 3.18 bits per heavy atom. The lowest BCUT2D eigenvalue weighted by molar-refractivity contribution is 0.321. The van der Waals surface area contributed by atoms with Crippen molar-refractivity contribution in [3.8, 4) is 6.07 Å². The largest absolute Gasteiger partial charge is 0.300 e. The number of rotatable bonds is 4. The second-order valence-corrected chi connectivity index (χ2v) is 4.39. The van der Waals surface area contributed by atoms with Crippen molar-refractivity contribution in [3.63, 3.8) is 0 Å². The van der Waals surface area contributed by atoms with E-state index < -0.39 is 0 Å². The zero-order chi connectivity index (χ0) is 12.1. The van der Waals surface area contributed by atoms with E-state index in [2.05, 4.69) is 16.3 Å². The van der Waals surface area contributed by atoms with Crippen molar-refractivity contribution in [2.45, 2.75) is 19.0 Å². The van der Waals surface area contributed by atoms with Crippen LogP contribution < -0.4 is 5.32 Å². The maximum absolute atomic E-state index is 13.0. The molecule has 0 aliphatic carbocycles. The van der Waals surface area contributed by atoms with Gasteiger partial charge in [-0.3, -0.25) is 4.90 Å². The Balaban J connectivity index is 1.83. The summed E-state index contributed by atoms with van der Waals surface area (Å²) in [4.78, 5) is 2.28. The number of nitrogens with zero attached hydrogens (tertiary/aromatic N) is 2. The van der Waals surface area contributed by atoms with Crippen LogP contribution in [-0.4, -0.2) is 30.6 Å². The zero-order valence-corrected chi connectivity index (χ0v) is 9.69. The summed E-state index contributed by atoms with van der Waals surface area (Å²) in [6, 6.07) is 9.21. The molecule has 1 aromatic rings. The SMILES string of the molecule is N#CCNC1CCN(Cc2cccc(F)c2)C1. The smallest absolute Gasteiger partial charge is 0.123 e.